The number of nitrogen functional groups attached to an aromatic ring is 1. The van der Waals surface area contributed by atoms with E-state index in [9.17, 15) is 5.26 Å². The number of nitrogens with one attached hydrogen (secondary N) is 1. The monoisotopic (exact) mass is 251 g/mol. The van der Waals surface area contributed by atoms with E-state index in [-0.39, 0.29) is 5.95 Å². The summed E-state index contributed by atoms with van der Waals surface area (Å²) in [6.45, 7) is 0. The molecule has 3 N–H and O–H groups in total. The zero-order chi connectivity index (χ0) is 13.2. The smallest absolute Gasteiger partial charge is 0.224 e. The molecule has 0 saturated heterocycles. The molecular weight excluding hydrogens is 242 g/mol. The Morgan fingerprint density at radius 3 is 2.74 bits per heavy atom. The molecule has 0 saturated carbocycles. The average Bonchev–Trinajstić information content (AvgIpc) is 2.79. The fourth-order valence-electron chi connectivity index (χ4n) is 1.73. The van der Waals surface area contributed by atoms with E-state index in [0.717, 1.165) is 5.69 Å². The van der Waals surface area contributed by atoms with Gasteiger partial charge in [-0.2, -0.15) is 9.78 Å². The van der Waals surface area contributed by atoms with E-state index in [2.05, 4.69) is 26.5 Å². The fraction of sp³-hybridized carbons (Fsp3) is 0. The van der Waals surface area contributed by atoms with Crippen LogP contribution in [-0.2, 0) is 0 Å². The van der Waals surface area contributed by atoms with Crippen molar-refractivity contribution in [2.75, 3.05) is 11.1 Å². The van der Waals surface area contributed by atoms with Crippen LogP contribution in [0, 0.1) is 11.3 Å². The lowest BCUT2D eigenvalue weighted by atomic mass is 10.3. The van der Waals surface area contributed by atoms with E-state index in [1.807, 2.05) is 30.3 Å². The lowest BCUT2D eigenvalue weighted by Crippen LogP contribution is -2.02. The van der Waals surface area contributed by atoms with Gasteiger partial charge in [-0.25, -0.2) is 9.97 Å². The number of hydrogen-bond acceptors (Lipinski definition) is 6. The summed E-state index contributed by atoms with van der Waals surface area (Å²) in [5, 5.41) is 16.5. The van der Waals surface area contributed by atoms with Crippen LogP contribution < -0.4 is 11.1 Å². The number of fused-ring (bicyclic) bond motifs is 1. The molecule has 7 nitrogen and oxygen atoms in total. The molecule has 0 fully saturated rings. The minimum atomic E-state index is 0.183. The standard InChI is InChI=1S/C12H9N7/c13-6-9-10(17-8-4-2-1-3-5-8)18-19-11(9)15-7-16-12(19)14/h1-5,7H,(H,17,18)(H2,14,15,16). The normalized spacial score (nSPS) is 10.3. The van der Waals surface area contributed by atoms with Crippen molar-refractivity contribution in [2.45, 2.75) is 0 Å². The summed E-state index contributed by atoms with van der Waals surface area (Å²) in [5.74, 6) is 0.587. The highest BCUT2D eigenvalue weighted by molar-refractivity contribution is 5.72. The van der Waals surface area contributed by atoms with Gasteiger partial charge in [0, 0.05) is 5.69 Å². The van der Waals surface area contributed by atoms with Crippen LogP contribution in [0.25, 0.3) is 5.65 Å². The Hall–Kier alpha value is -3.14. The predicted molar refractivity (Wildman–Crippen MR) is 69.6 cm³/mol. The number of nitrogens with two attached hydrogens (primary N) is 1. The molecule has 2 heterocycles. The largest absolute Gasteiger partial charge is 0.368 e. The van der Waals surface area contributed by atoms with Crippen LogP contribution in [0.4, 0.5) is 17.5 Å². The van der Waals surface area contributed by atoms with E-state index < -0.39 is 0 Å². The van der Waals surface area contributed by atoms with Crippen LogP contribution in [0.15, 0.2) is 36.7 Å². The third-order valence-electron chi connectivity index (χ3n) is 2.60. The molecule has 0 unspecified atom stereocenters. The Balaban J connectivity index is 2.14. The maximum absolute atomic E-state index is 9.23. The first-order chi connectivity index (χ1) is 9.29. The van der Waals surface area contributed by atoms with E-state index >= 15 is 0 Å². The molecule has 3 aromatic rings. The molecule has 1 aromatic carbocycles. The quantitative estimate of drug-likeness (QED) is 0.711. The summed E-state index contributed by atoms with van der Waals surface area (Å²) in [5.41, 5.74) is 7.24. The Kier molecular flexibility index (Phi) is 2.47. The van der Waals surface area contributed by atoms with Crippen molar-refractivity contribution in [3.63, 3.8) is 0 Å². The molecule has 0 atom stereocenters. The number of hydrogen-bond donors (Lipinski definition) is 2. The van der Waals surface area contributed by atoms with Crippen LogP contribution >= 0.6 is 0 Å². The molecule has 0 radical (unpaired) electrons. The first-order valence-corrected chi connectivity index (χ1v) is 5.51. The zero-order valence-corrected chi connectivity index (χ0v) is 9.78. The molecule has 92 valence electrons. The van der Waals surface area contributed by atoms with E-state index in [4.69, 9.17) is 5.73 Å². The molecule has 0 aliphatic heterocycles. The third-order valence-corrected chi connectivity index (χ3v) is 2.60. The molecule has 0 spiro atoms. The number of rotatable bonds is 2. The van der Waals surface area contributed by atoms with Gasteiger partial charge in [-0.05, 0) is 12.1 Å². The SMILES string of the molecule is N#Cc1c(Nc2ccccc2)nn2c(N)ncnc12. The van der Waals surface area contributed by atoms with Crippen LogP contribution in [0.5, 0.6) is 0 Å². The van der Waals surface area contributed by atoms with Crippen LogP contribution in [0.1, 0.15) is 5.56 Å². The molecule has 0 amide bonds. The molecule has 0 bridgehead atoms. The van der Waals surface area contributed by atoms with Crippen molar-refractivity contribution < 1.29 is 0 Å². The van der Waals surface area contributed by atoms with Crippen molar-refractivity contribution in [2.24, 2.45) is 0 Å². The number of anilines is 3. The van der Waals surface area contributed by atoms with Crippen molar-refractivity contribution in [1.29, 1.82) is 5.26 Å². The summed E-state index contributed by atoms with van der Waals surface area (Å²) >= 11 is 0. The van der Waals surface area contributed by atoms with E-state index in [1.165, 1.54) is 10.8 Å². The van der Waals surface area contributed by atoms with Gasteiger partial charge in [-0.15, -0.1) is 5.10 Å². The number of nitrogens with zero attached hydrogens (tertiary/aromatic N) is 5. The zero-order valence-electron chi connectivity index (χ0n) is 9.78. The summed E-state index contributed by atoms with van der Waals surface area (Å²) in [7, 11) is 0. The van der Waals surface area contributed by atoms with Crippen molar-refractivity contribution in [3.05, 3.63) is 42.2 Å². The summed E-state index contributed by atoms with van der Waals surface area (Å²) in [6, 6.07) is 11.5. The summed E-state index contributed by atoms with van der Waals surface area (Å²) in [6.07, 6.45) is 1.31. The Labute approximate surface area is 108 Å². The van der Waals surface area contributed by atoms with Crippen molar-refractivity contribution >= 4 is 23.1 Å². The minimum absolute atomic E-state index is 0.183. The maximum atomic E-state index is 9.23. The van der Waals surface area contributed by atoms with Crippen LogP contribution in [-0.4, -0.2) is 19.6 Å². The Morgan fingerprint density at radius 1 is 1.21 bits per heavy atom. The van der Waals surface area contributed by atoms with Gasteiger partial charge in [0.1, 0.15) is 18.0 Å². The average molecular weight is 251 g/mol. The Morgan fingerprint density at radius 2 is 2.00 bits per heavy atom. The number of aromatic nitrogens is 4. The van der Waals surface area contributed by atoms with Gasteiger partial charge in [-0.1, -0.05) is 18.2 Å². The highest BCUT2D eigenvalue weighted by Crippen LogP contribution is 2.22. The van der Waals surface area contributed by atoms with E-state index in [0.29, 0.717) is 17.0 Å². The van der Waals surface area contributed by atoms with Gasteiger partial charge in [0.15, 0.2) is 11.5 Å². The molecule has 2 aromatic heterocycles. The Bertz CT molecular complexity index is 770. The minimum Gasteiger partial charge on any atom is -0.368 e. The highest BCUT2D eigenvalue weighted by atomic mass is 15.4. The van der Waals surface area contributed by atoms with Gasteiger partial charge in [0.05, 0.1) is 0 Å². The van der Waals surface area contributed by atoms with Gasteiger partial charge in [-0.3, -0.25) is 0 Å². The van der Waals surface area contributed by atoms with Crippen LogP contribution in [0.3, 0.4) is 0 Å². The third kappa shape index (κ3) is 1.81. The number of benzene rings is 1. The number of nitriles is 1. The fourth-order valence-corrected chi connectivity index (χ4v) is 1.73. The number of para-hydroxylation sites is 1. The molecule has 0 aliphatic rings. The maximum Gasteiger partial charge on any atom is 0.224 e. The molecule has 19 heavy (non-hydrogen) atoms. The van der Waals surface area contributed by atoms with Gasteiger partial charge >= 0.3 is 0 Å². The lowest BCUT2D eigenvalue weighted by molar-refractivity contribution is 0.912. The van der Waals surface area contributed by atoms with E-state index in [1.54, 1.807) is 0 Å². The summed E-state index contributed by atoms with van der Waals surface area (Å²) in [4.78, 5) is 7.85. The van der Waals surface area contributed by atoms with Gasteiger partial charge in [0.25, 0.3) is 0 Å². The van der Waals surface area contributed by atoms with Crippen LogP contribution in [0.2, 0.25) is 0 Å². The molecule has 3 rings (SSSR count). The highest BCUT2D eigenvalue weighted by Gasteiger charge is 2.15. The second-order valence-corrected chi connectivity index (χ2v) is 3.79. The second kappa shape index (κ2) is 4.27. The van der Waals surface area contributed by atoms with Gasteiger partial charge < -0.3 is 11.1 Å². The molecule has 0 aliphatic carbocycles. The topological polar surface area (TPSA) is 105 Å². The van der Waals surface area contributed by atoms with Crippen molar-refractivity contribution in [3.8, 4) is 6.07 Å². The summed E-state index contributed by atoms with van der Waals surface area (Å²) < 4.78 is 1.34. The van der Waals surface area contributed by atoms with Crippen molar-refractivity contribution in [1.82, 2.24) is 19.6 Å². The lowest BCUT2D eigenvalue weighted by Gasteiger charge is -2.01. The predicted octanol–water partition coefficient (Wildman–Crippen LogP) is 1.32. The first-order valence-electron chi connectivity index (χ1n) is 5.51. The van der Waals surface area contributed by atoms with Gasteiger partial charge in [0.2, 0.25) is 5.95 Å². The molecular formula is C12H9N7. The second-order valence-electron chi connectivity index (χ2n) is 3.79. The first kappa shape index (κ1) is 11.0. The molecule has 7 heteroatoms.